The van der Waals surface area contributed by atoms with E-state index in [1.165, 1.54) is 14.1 Å². The Kier molecular flexibility index (Phi) is 4.99. The molecular formula is C11H14ClN3O2S. The lowest BCUT2D eigenvalue weighted by Gasteiger charge is -2.13. The molecule has 0 aliphatic rings. The average Bonchev–Trinajstić information content (AvgIpc) is 2.29. The molecule has 1 rings (SSSR count). The molecule has 0 bridgehead atoms. The quantitative estimate of drug-likeness (QED) is 0.810. The Morgan fingerprint density at radius 1 is 1.44 bits per heavy atom. The molecule has 0 unspecified atom stereocenters. The summed E-state index contributed by atoms with van der Waals surface area (Å²) in [7, 11) is -0.658. The van der Waals surface area contributed by atoms with Gasteiger partial charge < -0.3 is 5.73 Å². The van der Waals surface area contributed by atoms with Crippen LogP contribution in [0.25, 0.3) is 0 Å². The van der Waals surface area contributed by atoms with E-state index < -0.39 is 10.2 Å². The zero-order chi connectivity index (χ0) is 13.8. The molecular weight excluding hydrogens is 274 g/mol. The SMILES string of the molecule is CN(C)S(=O)(=O)Nc1ccc(Cl)c(C#CCN)c1. The van der Waals surface area contributed by atoms with Crippen LogP contribution in [0.1, 0.15) is 5.56 Å². The van der Waals surface area contributed by atoms with Gasteiger partial charge in [0.1, 0.15) is 0 Å². The number of hydrogen-bond donors (Lipinski definition) is 2. The predicted octanol–water partition coefficient (Wildman–Crippen LogP) is 0.869. The summed E-state index contributed by atoms with van der Waals surface area (Å²) < 4.78 is 26.8. The first-order valence-corrected chi connectivity index (χ1v) is 6.87. The smallest absolute Gasteiger partial charge is 0.301 e. The monoisotopic (exact) mass is 287 g/mol. The van der Waals surface area contributed by atoms with E-state index in [4.69, 9.17) is 17.3 Å². The average molecular weight is 288 g/mol. The Balaban J connectivity index is 3.06. The summed E-state index contributed by atoms with van der Waals surface area (Å²) in [4.78, 5) is 0. The first kappa shape index (κ1) is 14.8. The summed E-state index contributed by atoms with van der Waals surface area (Å²) in [5, 5.41) is 0.448. The van der Waals surface area contributed by atoms with Crippen LogP contribution in [0.5, 0.6) is 0 Å². The van der Waals surface area contributed by atoms with Crippen molar-refractivity contribution in [3.05, 3.63) is 28.8 Å². The second-order valence-electron chi connectivity index (χ2n) is 3.59. The van der Waals surface area contributed by atoms with Gasteiger partial charge in [-0.3, -0.25) is 4.72 Å². The lowest BCUT2D eigenvalue weighted by Crippen LogP contribution is -2.28. The summed E-state index contributed by atoms with van der Waals surface area (Å²) in [6.07, 6.45) is 0. The maximum atomic E-state index is 11.6. The number of rotatable bonds is 3. The van der Waals surface area contributed by atoms with Crippen LogP contribution in [0.2, 0.25) is 5.02 Å². The van der Waals surface area contributed by atoms with Crippen molar-refractivity contribution in [1.82, 2.24) is 4.31 Å². The molecule has 0 heterocycles. The number of anilines is 1. The molecule has 98 valence electrons. The highest BCUT2D eigenvalue weighted by atomic mass is 35.5. The highest BCUT2D eigenvalue weighted by molar-refractivity contribution is 7.90. The summed E-state index contributed by atoms with van der Waals surface area (Å²) >= 11 is 5.93. The maximum absolute atomic E-state index is 11.6. The molecule has 0 fully saturated rings. The third-order valence-electron chi connectivity index (χ3n) is 2.02. The third kappa shape index (κ3) is 3.89. The van der Waals surface area contributed by atoms with E-state index >= 15 is 0 Å². The first-order chi connectivity index (χ1) is 8.36. The molecule has 0 spiro atoms. The number of halogens is 1. The number of nitrogens with two attached hydrogens (primary N) is 1. The fraction of sp³-hybridized carbons (Fsp3) is 0.273. The molecule has 0 radical (unpaired) electrons. The van der Waals surface area contributed by atoms with Crippen LogP contribution in [-0.4, -0.2) is 33.4 Å². The number of hydrogen-bond acceptors (Lipinski definition) is 3. The minimum atomic E-state index is -3.53. The second kappa shape index (κ2) is 6.07. The molecule has 0 aliphatic carbocycles. The standard InChI is InChI=1S/C11H14ClN3O2S/c1-15(2)18(16,17)14-10-5-6-11(12)9(8-10)4-3-7-13/h5-6,8,14H,7,13H2,1-2H3. The number of benzene rings is 1. The van der Waals surface area contributed by atoms with Crippen LogP contribution in [0.4, 0.5) is 5.69 Å². The van der Waals surface area contributed by atoms with Crippen molar-refractivity contribution in [3.8, 4) is 11.8 Å². The van der Waals surface area contributed by atoms with Gasteiger partial charge in [0, 0.05) is 19.7 Å². The molecule has 1 aromatic rings. The molecule has 3 N–H and O–H groups in total. The van der Waals surface area contributed by atoms with Gasteiger partial charge in [0.2, 0.25) is 0 Å². The maximum Gasteiger partial charge on any atom is 0.301 e. The van der Waals surface area contributed by atoms with Crippen molar-refractivity contribution < 1.29 is 8.42 Å². The van der Waals surface area contributed by atoms with Crippen molar-refractivity contribution >= 4 is 27.5 Å². The molecule has 0 atom stereocenters. The molecule has 7 heteroatoms. The zero-order valence-electron chi connectivity index (χ0n) is 10.1. The van der Waals surface area contributed by atoms with E-state index in [0.29, 0.717) is 16.3 Å². The zero-order valence-corrected chi connectivity index (χ0v) is 11.6. The van der Waals surface area contributed by atoms with E-state index in [-0.39, 0.29) is 6.54 Å². The van der Waals surface area contributed by atoms with Crippen molar-refractivity contribution in [2.24, 2.45) is 5.73 Å². The lowest BCUT2D eigenvalue weighted by atomic mass is 10.2. The number of nitrogens with zero attached hydrogens (tertiary/aromatic N) is 1. The van der Waals surface area contributed by atoms with Gasteiger partial charge in [0.25, 0.3) is 0 Å². The molecule has 0 amide bonds. The summed E-state index contributed by atoms with van der Waals surface area (Å²) in [6, 6.07) is 4.71. The largest absolute Gasteiger partial charge is 0.320 e. The molecule has 0 saturated carbocycles. The Hall–Kier alpha value is -1.26. The van der Waals surface area contributed by atoms with Crippen LogP contribution < -0.4 is 10.5 Å². The van der Waals surface area contributed by atoms with Gasteiger partial charge in [-0.15, -0.1) is 0 Å². The van der Waals surface area contributed by atoms with Crippen molar-refractivity contribution in [2.45, 2.75) is 0 Å². The Labute approximate surface area is 112 Å². The Morgan fingerprint density at radius 3 is 2.67 bits per heavy atom. The number of nitrogens with one attached hydrogen (secondary N) is 1. The molecule has 5 nitrogen and oxygen atoms in total. The minimum Gasteiger partial charge on any atom is -0.320 e. The Bertz CT molecular complexity index is 588. The van der Waals surface area contributed by atoms with Crippen LogP contribution in [0.15, 0.2) is 18.2 Å². The Morgan fingerprint density at radius 2 is 2.11 bits per heavy atom. The van der Waals surface area contributed by atoms with Crippen LogP contribution in [0, 0.1) is 11.8 Å². The van der Waals surface area contributed by atoms with E-state index in [1.54, 1.807) is 18.2 Å². The summed E-state index contributed by atoms with van der Waals surface area (Å²) in [5.41, 5.74) is 6.20. The van der Waals surface area contributed by atoms with E-state index in [9.17, 15) is 8.42 Å². The minimum absolute atomic E-state index is 0.212. The van der Waals surface area contributed by atoms with E-state index in [0.717, 1.165) is 4.31 Å². The van der Waals surface area contributed by atoms with Crippen LogP contribution in [0.3, 0.4) is 0 Å². The topological polar surface area (TPSA) is 75.4 Å². The highest BCUT2D eigenvalue weighted by Gasteiger charge is 2.13. The second-order valence-corrected chi connectivity index (χ2v) is 5.88. The molecule has 0 aromatic heterocycles. The summed E-state index contributed by atoms with van der Waals surface area (Å²) in [5.74, 6) is 5.44. The van der Waals surface area contributed by atoms with Gasteiger partial charge in [-0.2, -0.15) is 12.7 Å². The van der Waals surface area contributed by atoms with Gasteiger partial charge in [-0.1, -0.05) is 23.4 Å². The van der Waals surface area contributed by atoms with Crippen molar-refractivity contribution in [2.75, 3.05) is 25.4 Å². The van der Waals surface area contributed by atoms with E-state index in [1.807, 2.05) is 0 Å². The fourth-order valence-corrected chi connectivity index (χ4v) is 1.84. The van der Waals surface area contributed by atoms with Gasteiger partial charge in [-0.05, 0) is 18.2 Å². The lowest BCUT2D eigenvalue weighted by molar-refractivity contribution is 0.527. The van der Waals surface area contributed by atoms with Crippen molar-refractivity contribution in [3.63, 3.8) is 0 Å². The van der Waals surface area contributed by atoms with Crippen molar-refractivity contribution in [1.29, 1.82) is 0 Å². The first-order valence-electron chi connectivity index (χ1n) is 5.05. The third-order valence-corrected chi connectivity index (χ3v) is 3.80. The highest BCUT2D eigenvalue weighted by Crippen LogP contribution is 2.20. The van der Waals surface area contributed by atoms with Gasteiger partial charge in [-0.25, -0.2) is 0 Å². The molecule has 0 aliphatic heterocycles. The van der Waals surface area contributed by atoms with E-state index in [2.05, 4.69) is 16.6 Å². The molecule has 18 heavy (non-hydrogen) atoms. The molecule has 1 aromatic carbocycles. The van der Waals surface area contributed by atoms with Gasteiger partial charge >= 0.3 is 10.2 Å². The predicted molar refractivity (Wildman–Crippen MR) is 73.6 cm³/mol. The van der Waals surface area contributed by atoms with Crippen LogP contribution >= 0.6 is 11.6 Å². The van der Waals surface area contributed by atoms with Gasteiger partial charge in [0.05, 0.1) is 17.3 Å². The van der Waals surface area contributed by atoms with Crippen LogP contribution in [-0.2, 0) is 10.2 Å². The summed E-state index contributed by atoms with van der Waals surface area (Å²) in [6.45, 7) is 0.212. The normalized spacial score (nSPS) is 10.9. The molecule has 0 saturated heterocycles. The fourth-order valence-electron chi connectivity index (χ4n) is 1.07. The van der Waals surface area contributed by atoms with Gasteiger partial charge in [0.15, 0.2) is 0 Å².